The summed E-state index contributed by atoms with van der Waals surface area (Å²) in [6.07, 6.45) is -0.783. The first-order valence-corrected chi connectivity index (χ1v) is 15.6. The maximum Gasteiger partial charge on any atom is 0.471 e. The SMILES string of the molecule is C/C(=C\[C@H](C(C)C)N(C)C(=O)[C@@H](NC(=O)[C@H]1CCCCN1C)C(C)(C)C)C(=O)NS(=O)c1ccc(NC(=O)C(F)(F)F)cc1. The van der Waals surface area contributed by atoms with Gasteiger partial charge in [0.15, 0.2) is 11.0 Å². The summed E-state index contributed by atoms with van der Waals surface area (Å²) in [5, 5.41) is 4.67. The van der Waals surface area contributed by atoms with Crippen molar-refractivity contribution >= 4 is 40.3 Å². The maximum atomic E-state index is 13.8. The topological polar surface area (TPSA) is 128 Å². The number of alkyl halides is 3. The number of halogens is 3. The summed E-state index contributed by atoms with van der Waals surface area (Å²) in [6.45, 7) is 11.7. The molecule has 1 unspecified atom stereocenters. The van der Waals surface area contributed by atoms with Crippen LogP contribution in [0.1, 0.15) is 60.8 Å². The van der Waals surface area contributed by atoms with Gasteiger partial charge in [0.1, 0.15) is 6.04 Å². The van der Waals surface area contributed by atoms with Gasteiger partial charge >= 0.3 is 12.1 Å². The minimum absolute atomic E-state index is 0.0937. The van der Waals surface area contributed by atoms with Gasteiger partial charge in [-0.15, -0.1) is 0 Å². The van der Waals surface area contributed by atoms with E-state index in [1.807, 2.05) is 46.6 Å². The van der Waals surface area contributed by atoms with Crippen molar-refractivity contribution in [1.82, 2.24) is 19.8 Å². The summed E-state index contributed by atoms with van der Waals surface area (Å²) in [7, 11) is 1.46. The third-order valence-electron chi connectivity index (χ3n) is 7.50. The van der Waals surface area contributed by atoms with Crippen molar-refractivity contribution in [3.8, 4) is 0 Å². The molecular formula is C30H44F3N5O5S. The number of nitrogens with zero attached hydrogens (tertiary/aromatic N) is 2. The van der Waals surface area contributed by atoms with Gasteiger partial charge in [0.05, 0.1) is 17.0 Å². The summed E-state index contributed by atoms with van der Waals surface area (Å²) < 4.78 is 52.5. The lowest BCUT2D eigenvalue weighted by Crippen LogP contribution is -2.59. The van der Waals surface area contributed by atoms with E-state index >= 15 is 0 Å². The molecule has 0 aromatic heterocycles. The first-order valence-electron chi connectivity index (χ1n) is 14.4. The van der Waals surface area contributed by atoms with Crippen LogP contribution in [0.2, 0.25) is 0 Å². The molecule has 1 heterocycles. The van der Waals surface area contributed by atoms with Crippen LogP contribution in [0.3, 0.4) is 0 Å². The quantitative estimate of drug-likeness (QED) is 0.333. The van der Waals surface area contributed by atoms with Crippen LogP contribution in [0, 0.1) is 11.3 Å². The molecule has 4 amide bonds. The van der Waals surface area contributed by atoms with Crippen LogP contribution in [-0.4, -0.2) is 82.6 Å². The highest BCUT2D eigenvalue weighted by Crippen LogP contribution is 2.25. The zero-order chi connectivity index (χ0) is 33.6. The second kappa shape index (κ2) is 15.2. The van der Waals surface area contributed by atoms with Gasteiger partial charge in [0.2, 0.25) is 11.8 Å². The largest absolute Gasteiger partial charge is 0.471 e. The van der Waals surface area contributed by atoms with E-state index in [0.717, 1.165) is 37.9 Å². The number of hydrogen-bond acceptors (Lipinski definition) is 6. The second-order valence-electron chi connectivity index (χ2n) is 12.5. The lowest BCUT2D eigenvalue weighted by molar-refractivity contribution is -0.167. The van der Waals surface area contributed by atoms with Crippen LogP contribution >= 0.6 is 0 Å². The van der Waals surface area contributed by atoms with E-state index in [4.69, 9.17) is 0 Å². The maximum absolute atomic E-state index is 13.8. The highest BCUT2D eigenvalue weighted by molar-refractivity contribution is 7.83. The molecule has 1 fully saturated rings. The van der Waals surface area contributed by atoms with Gasteiger partial charge in [0.25, 0.3) is 5.91 Å². The fourth-order valence-electron chi connectivity index (χ4n) is 4.81. The Kier molecular flexibility index (Phi) is 12.7. The van der Waals surface area contributed by atoms with Crippen LogP contribution in [0.15, 0.2) is 40.8 Å². The molecule has 0 radical (unpaired) electrons. The molecule has 246 valence electrons. The minimum atomic E-state index is -5.06. The second-order valence-corrected chi connectivity index (χ2v) is 13.7. The fourth-order valence-corrected chi connectivity index (χ4v) is 5.65. The van der Waals surface area contributed by atoms with Crippen molar-refractivity contribution in [2.45, 2.75) is 90.0 Å². The number of rotatable bonds is 10. The first-order chi connectivity index (χ1) is 20.2. The lowest BCUT2D eigenvalue weighted by atomic mass is 9.84. The van der Waals surface area contributed by atoms with Gasteiger partial charge < -0.3 is 15.5 Å². The molecule has 1 aliphatic rings. The molecule has 4 atom stereocenters. The summed E-state index contributed by atoms with van der Waals surface area (Å²) in [5.74, 6) is -3.45. The Bertz CT molecular complexity index is 1260. The van der Waals surface area contributed by atoms with Crippen LogP contribution < -0.4 is 15.4 Å². The molecule has 1 aliphatic heterocycles. The predicted octanol–water partition coefficient (Wildman–Crippen LogP) is 3.77. The van der Waals surface area contributed by atoms with E-state index in [1.54, 1.807) is 18.4 Å². The first kappa shape index (κ1) is 36.9. The predicted molar refractivity (Wildman–Crippen MR) is 162 cm³/mol. The number of anilines is 1. The Morgan fingerprint density at radius 1 is 1.07 bits per heavy atom. The van der Waals surface area contributed by atoms with Gasteiger partial charge in [-0.1, -0.05) is 47.1 Å². The summed E-state index contributed by atoms with van der Waals surface area (Å²) >= 11 is 0. The van der Waals surface area contributed by atoms with Crippen LogP contribution in [0.5, 0.6) is 0 Å². The number of carbonyl (C=O) groups is 4. The van der Waals surface area contributed by atoms with Crippen molar-refractivity contribution in [2.75, 3.05) is 26.0 Å². The fraction of sp³-hybridized carbons (Fsp3) is 0.600. The van der Waals surface area contributed by atoms with E-state index in [9.17, 15) is 36.6 Å². The van der Waals surface area contributed by atoms with Crippen molar-refractivity contribution in [1.29, 1.82) is 0 Å². The Balaban J connectivity index is 2.16. The third kappa shape index (κ3) is 10.1. The number of piperidine rings is 1. The summed E-state index contributed by atoms with van der Waals surface area (Å²) in [5.41, 5.74) is -0.571. The van der Waals surface area contributed by atoms with Gasteiger partial charge in [-0.2, -0.15) is 13.2 Å². The Hall–Kier alpha value is -3.26. The van der Waals surface area contributed by atoms with Crippen LogP contribution in [0.4, 0.5) is 18.9 Å². The average Bonchev–Trinajstić information content (AvgIpc) is 2.92. The van der Waals surface area contributed by atoms with Crippen molar-refractivity contribution < 1.29 is 36.6 Å². The normalized spacial score (nSPS) is 18.6. The average molecular weight is 644 g/mol. The molecule has 3 N–H and O–H groups in total. The highest BCUT2D eigenvalue weighted by Gasteiger charge is 2.40. The molecule has 0 aliphatic carbocycles. The number of likely N-dealkylation sites (tertiary alicyclic amines) is 1. The Morgan fingerprint density at radius 3 is 2.16 bits per heavy atom. The van der Waals surface area contributed by atoms with Crippen molar-refractivity contribution in [2.24, 2.45) is 11.3 Å². The number of amides is 4. The lowest BCUT2D eigenvalue weighted by Gasteiger charge is -2.39. The van der Waals surface area contributed by atoms with E-state index in [2.05, 4.69) is 10.0 Å². The number of hydrogen-bond donors (Lipinski definition) is 3. The third-order valence-corrected chi connectivity index (χ3v) is 8.57. The molecule has 10 nitrogen and oxygen atoms in total. The Morgan fingerprint density at radius 2 is 1.66 bits per heavy atom. The molecule has 44 heavy (non-hydrogen) atoms. The van der Waals surface area contributed by atoms with Gasteiger partial charge in [-0.05, 0) is 69.0 Å². The molecule has 2 rings (SSSR count). The molecule has 0 bridgehead atoms. The molecule has 0 spiro atoms. The molecule has 1 saturated heterocycles. The minimum Gasteiger partial charge on any atom is -0.342 e. The van der Waals surface area contributed by atoms with Crippen LogP contribution in [-0.2, 0) is 30.2 Å². The molecule has 0 saturated carbocycles. The van der Waals surface area contributed by atoms with Gasteiger partial charge in [-0.25, -0.2) is 4.21 Å². The molecule has 1 aromatic carbocycles. The number of likely N-dealkylation sites (N-methyl/N-ethyl adjacent to an activating group) is 2. The number of benzene rings is 1. The monoisotopic (exact) mass is 643 g/mol. The van der Waals surface area contributed by atoms with E-state index < -0.39 is 46.5 Å². The van der Waals surface area contributed by atoms with Crippen molar-refractivity contribution in [3.05, 3.63) is 35.9 Å². The van der Waals surface area contributed by atoms with E-state index in [-0.39, 0.29) is 39.9 Å². The van der Waals surface area contributed by atoms with E-state index in [0.29, 0.717) is 0 Å². The zero-order valence-corrected chi connectivity index (χ0v) is 27.3. The molecule has 14 heteroatoms. The summed E-state index contributed by atoms with van der Waals surface area (Å²) in [6, 6.07) is 3.03. The van der Waals surface area contributed by atoms with Gasteiger partial charge in [0, 0.05) is 18.3 Å². The number of carbonyl (C=O) groups excluding carboxylic acids is 4. The van der Waals surface area contributed by atoms with Gasteiger partial charge in [-0.3, -0.25) is 28.8 Å². The van der Waals surface area contributed by atoms with Crippen LogP contribution in [0.25, 0.3) is 0 Å². The standard InChI is InChI=1S/C30H44F3N5O5S/c1-18(2)23(38(8)27(41)24(29(4,5)6)35-26(40)22-11-9-10-16-37(22)7)17-19(3)25(39)36-44(43)21-14-12-20(13-15-21)34-28(42)30(31,32)33/h12-15,17-18,22-24H,9-11,16H2,1-8H3,(H,34,42)(H,35,40)(H,36,39)/b19-17+/t22-,23-,24-,44?/m1/s1. The molecular weight excluding hydrogens is 599 g/mol. The Labute approximate surface area is 259 Å². The highest BCUT2D eigenvalue weighted by atomic mass is 32.2. The molecule has 1 aromatic rings. The summed E-state index contributed by atoms with van der Waals surface area (Å²) in [4.78, 5) is 54.7. The smallest absolute Gasteiger partial charge is 0.342 e. The van der Waals surface area contributed by atoms with E-state index in [1.165, 1.54) is 24.0 Å². The zero-order valence-electron chi connectivity index (χ0n) is 26.5. The van der Waals surface area contributed by atoms with Crippen molar-refractivity contribution in [3.63, 3.8) is 0 Å². The number of nitrogens with one attached hydrogen (secondary N) is 3.